The van der Waals surface area contributed by atoms with E-state index in [9.17, 15) is 0 Å². The summed E-state index contributed by atoms with van der Waals surface area (Å²) in [5, 5.41) is 5.68. The first-order valence-electron chi connectivity index (χ1n) is 6.90. The minimum Gasteiger partial charge on any atom is -0.438 e. The van der Waals surface area contributed by atoms with E-state index in [0.717, 1.165) is 35.5 Å². The summed E-state index contributed by atoms with van der Waals surface area (Å²) in [4.78, 5) is 6.16. The van der Waals surface area contributed by atoms with E-state index in [4.69, 9.17) is 9.40 Å². The highest BCUT2D eigenvalue weighted by molar-refractivity contribution is 7.10. The van der Waals surface area contributed by atoms with Gasteiger partial charge in [-0.3, -0.25) is 0 Å². The molecule has 4 rings (SSSR count). The predicted octanol–water partition coefficient (Wildman–Crippen LogP) is 3.74. The fourth-order valence-corrected chi connectivity index (χ4v) is 3.91. The van der Waals surface area contributed by atoms with E-state index in [1.54, 1.807) is 0 Å². The van der Waals surface area contributed by atoms with Gasteiger partial charge in [0, 0.05) is 11.4 Å². The van der Waals surface area contributed by atoms with Gasteiger partial charge in [-0.2, -0.15) is 0 Å². The number of aryl methyl sites for hydroxylation is 2. The molecule has 1 unspecified atom stereocenters. The van der Waals surface area contributed by atoms with Gasteiger partial charge >= 0.3 is 0 Å². The largest absolute Gasteiger partial charge is 0.438 e. The SMILES string of the molecule is Cc1cc(C)c2oc(C3NCCc4sccc43)nc2c1. The molecular formula is C16H16N2OS. The molecule has 1 N–H and O–H groups in total. The summed E-state index contributed by atoms with van der Waals surface area (Å²) < 4.78 is 6.05. The van der Waals surface area contributed by atoms with Crippen molar-refractivity contribution in [3.05, 3.63) is 51.0 Å². The van der Waals surface area contributed by atoms with Crippen LogP contribution in [0.15, 0.2) is 28.0 Å². The highest BCUT2D eigenvalue weighted by atomic mass is 32.1. The smallest absolute Gasteiger partial charge is 0.217 e. The van der Waals surface area contributed by atoms with E-state index in [0.29, 0.717) is 0 Å². The zero-order valence-electron chi connectivity index (χ0n) is 11.6. The van der Waals surface area contributed by atoms with Crippen LogP contribution >= 0.6 is 11.3 Å². The maximum Gasteiger partial charge on any atom is 0.217 e. The first-order valence-corrected chi connectivity index (χ1v) is 7.77. The summed E-state index contributed by atoms with van der Waals surface area (Å²) >= 11 is 1.83. The molecule has 4 heteroatoms. The molecular weight excluding hydrogens is 268 g/mol. The molecule has 3 heterocycles. The monoisotopic (exact) mass is 284 g/mol. The van der Waals surface area contributed by atoms with Crippen LogP contribution in [0.25, 0.3) is 11.1 Å². The first-order chi connectivity index (χ1) is 9.72. The lowest BCUT2D eigenvalue weighted by Gasteiger charge is -2.21. The van der Waals surface area contributed by atoms with Gasteiger partial charge in [-0.1, -0.05) is 6.07 Å². The Kier molecular flexibility index (Phi) is 2.69. The maximum absolute atomic E-state index is 6.05. The Morgan fingerprint density at radius 1 is 1.35 bits per heavy atom. The molecule has 3 nitrogen and oxygen atoms in total. The average molecular weight is 284 g/mol. The van der Waals surface area contributed by atoms with Crippen LogP contribution in [0.5, 0.6) is 0 Å². The molecule has 2 aromatic heterocycles. The van der Waals surface area contributed by atoms with E-state index >= 15 is 0 Å². The van der Waals surface area contributed by atoms with Gasteiger partial charge in [-0.25, -0.2) is 4.98 Å². The topological polar surface area (TPSA) is 38.1 Å². The van der Waals surface area contributed by atoms with Crippen molar-refractivity contribution < 1.29 is 4.42 Å². The van der Waals surface area contributed by atoms with Crippen LogP contribution in [0.1, 0.15) is 33.5 Å². The molecule has 0 fully saturated rings. The van der Waals surface area contributed by atoms with E-state index in [1.807, 2.05) is 11.3 Å². The van der Waals surface area contributed by atoms with Gasteiger partial charge in [-0.05, 0) is 54.5 Å². The molecule has 0 spiro atoms. The number of aromatic nitrogens is 1. The summed E-state index contributed by atoms with van der Waals surface area (Å²) in [6.45, 7) is 5.15. The Bertz CT molecular complexity index is 787. The number of fused-ring (bicyclic) bond motifs is 2. The number of thiophene rings is 1. The second-order valence-corrected chi connectivity index (χ2v) is 6.42. The van der Waals surface area contributed by atoms with Gasteiger partial charge in [0.25, 0.3) is 0 Å². The fourth-order valence-electron chi connectivity index (χ4n) is 2.99. The van der Waals surface area contributed by atoms with Crippen LogP contribution in [0.4, 0.5) is 0 Å². The van der Waals surface area contributed by atoms with Crippen LogP contribution in [0.2, 0.25) is 0 Å². The molecule has 3 aromatic rings. The van der Waals surface area contributed by atoms with Crippen LogP contribution in [-0.4, -0.2) is 11.5 Å². The van der Waals surface area contributed by atoms with E-state index in [1.165, 1.54) is 16.0 Å². The second kappa shape index (κ2) is 4.43. The fraction of sp³-hybridized carbons (Fsp3) is 0.312. The predicted molar refractivity (Wildman–Crippen MR) is 81.4 cm³/mol. The van der Waals surface area contributed by atoms with Crippen LogP contribution in [-0.2, 0) is 6.42 Å². The second-order valence-electron chi connectivity index (χ2n) is 5.42. The standard InChI is InChI=1S/C16H16N2OS/c1-9-7-10(2)15-12(8-9)18-16(19-15)14-11-4-6-20-13(11)3-5-17-14/h4,6-8,14,17H,3,5H2,1-2H3. The van der Waals surface area contributed by atoms with E-state index in [2.05, 4.69) is 42.7 Å². The molecule has 0 saturated carbocycles. The molecule has 0 aliphatic carbocycles. The summed E-state index contributed by atoms with van der Waals surface area (Å²) in [7, 11) is 0. The molecule has 1 aliphatic rings. The Morgan fingerprint density at radius 3 is 3.15 bits per heavy atom. The van der Waals surface area contributed by atoms with Crippen molar-refractivity contribution in [2.24, 2.45) is 0 Å². The number of rotatable bonds is 1. The van der Waals surface area contributed by atoms with Crippen LogP contribution < -0.4 is 5.32 Å². The number of nitrogens with zero attached hydrogens (tertiary/aromatic N) is 1. The highest BCUT2D eigenvalue weighted by Gasteiger charge is 2.26. The number of oxazole rings is 1. The normalized spacial score (nSPS) is 18.4. The highest BCUT2D eigenvalue weighted by Crippen LogP contribution is 2.33. The van der Waals surface area contributed by atoms with Gasteiger partial charge in [0.1, 0.15) is 11.6 Å². The minimum absolute atomic E-state index is 0.0945. The Morgan fingerprint density at radius 2 is 2.25 bits per heavy atom. The Hall–Kier alpha value is -1.65. The lowest BCUT2D eigenvalue weighted by atomic mass is 10.0. The van der Waals surface area contributed by atoms with Crippen molar-refractivity contribution in [1.29, 1.82) is 0 Å². The molecule has 1 atom stereocenters. The zero-order valence-corrected chi connectivity index (χ0v) is 12.4. The Balaban J connectivity index is 1.86. The van der Waals surface area contributed by atoms with Crippen molar-refractivity contribution in [3.63, 3.8) is 0 Å². The van der Waals surface area contributed by atoms with Crippen molar-refractivity contribution >= 4 is 22.4 Å². The number of hydrogen-bond donors (Lipinski definition) is 1. The summed E-state index contributed by atoms with van der Waals surface area (Å²) in [5.74, 6) is 0.785. The average Bonchev–Trinajstić information content (AvgIpc) is 3.03. The van der Waals surface area contributed by atoms with Crippen molar-refractivity contribution in [1.82, 2.24) is 10.3 Å². The third kappa shape index (κ3) is 1.79. The molecule has 0 radical (unpaired) electrons. The first kappa shape index (κ1) is 12.1. The number of nitrogens with one attached hydrogen (secondary N) is 1. The van der Waals surface area contributed by atoms with Crippen molar-refractivity contribution in [2.75, 3.05) is 6.54 Å². The third-order valence-electron chi connectivity index (χ3n) is 3.87. The van der Waals surface area contributed by atoms with Gasteiger partial charge in [0.15, 0.2) is 5.58 Å². The summed E-state index contributed by atoms with van der Waals surface area (Å²) in [6, 6.07) is 6.51. The molecule has 1 aromatic carbocycles. The van der Waals surface area contributed by atoms with Crippen molar-refractivity contribution in [2.45, 2.75) is 26.3 Å². The van der Waals surface area contributed by atoms with Gasteiger partial charge in [-0.15, -0.1) is 11.3 Å². The van der Waals surface area contributed by atoms with Gasteiger partial charge in [0.05, 0.1) is 0 Å². The molecule has 0 saturated heterocycles. The lowest BCUT2D eigenvalue weighted by molar-refractivity contribution is 0.441. The van der Waals surface area contributed by atoms with Crippen LogP contribution in [0.3, 0.4) is 0 Å². The lowest BCUT2D eigenvalue weighted by Crippen LogP contribution is -2.29. The Labute approximate surface area is 121 Å². The minimum atomic E-state index is 0.0945. The van der Waals surface area contributed by atoms with Gasteiger partial charge in [0.2, 0.25) is 5.89 Å². The third-order valence-corrected chi connectivity index (χ3v) is 4.87. The number of benzene rings is 1. The summed E-state index contributed by atoms with van der Waals surface area (Å²) in [6.07, 6.45) is 1.10. The number of hydrogen-bond acceptors (Lipinski definition) is 4. The maximum atomic E-state index is 6.05. The molecule has 0 amide bonds. The van der Waals surface area contributed by atoms with Crippen molar-refractivity contribution in [3.8, 4) is 0 Å². The van der Waals surface area contributed by atoms with E-state index in [-0.39, 0.29) is 6.04 Å². The molecule has 1 aliphatic heterocycles. The van der Waals surface area contributed by atoms with Crippen LogP contribution in [0, 0.1) is 13.8 Å². The molecule has 20 heavy (non-hydrogen) atoms. The molecule has 0 bridgehead atoms. The molecule has 102 valence electrons. The quantitative estimate of drug-likeness (QED) is 0.739. The zero-order chi connectivity index (χ0) is 13.7. The summed E-state index contributed by atoms with van der Waals surface area (Å²) in [5.41, 5.74) is 5.57. The van der Waals surface area contributed by atoms with E-state index < -0.39 is 0 Å². The van der Waals surface area contributed by atoms with Gasteiger partial charge < -0.3 is 9.73 Å².